The number of hydrogen-bond acceptors (Lipinski definition) is 3. The van der Waals surface area contributed by atoms with Gasteiger partial charge in [0, 0.05) is 31.0 Å². The molecule has 25 heavy (non-hydrogen) atoms. The minimum atomic E-state index is -2.62. The van der Waals surface area contributed by atoms with Crippen molar-refractivity contribution in [2.45, 2.75) is 19.5 Å². The lowest BCUT2D eigenvalue weighted by Gasteiger charge is -2.13. The molecule has 0 spiro atoms. The predicted molar refractivity (Wildman–Crippen MR) is 93.4 cm³/mol. The molecule has 1 aromatic heterocycles. The van der Waals surface area contributed by atoms with Gasteiger partial charge in [0.15, 0.2) is 5.96 Å². The SMILES string of the molecule is CN=C(NCCc1ccc(OC)cc1Cl)NCc1nccn1C(F)F. The molecule has 0 aliphatic rings. The van der Waals surface area contributed by atoms with E-state index in [9.17, 15) is 8.78 Å². The highest BCUT2D eigenvalue weighted by molar-refractivity contribution is 6.31. The van der Waals surface area contributed by atoms with Crippen LogP contribution >= 0.6 is 11.6 Å². The van der Waals surface area contributed by atoms with Crippen molar-refractivity contribution in [3.8, 4) is 5.75 Å². The van der Waals surface area contributed by atoms with Crippen LogP contribution < -0.4 is 15.4 Å². The highest BCUT2D eigenvalue weighted by atomic mass is 35.5. The van der Waals surface area contributed by atoms with Crippen LogP contribution in [0, 0.1) is 0 Å². The van der Waals surface area contributed by atoms with E-state index in [1.807, 2.05) is 12.1 Å². The van der Waals surface area contributed by atoms with E-state index in [4.69, 9.17) is 16.3 Å². The Morgan fingerprint density at radius 2 is 2.20 bits per heavy atom. The number of rotatable bonds is 7. The largest absolute Gasteiger partial charge is 0.497 e. The first-order chi connectivity index (χ1) is 12.0. The number of guanidine groups is 1. The Hall–Kier alpha value is -2.35. The lowest BCUT2D eigenvalue weighted by molar-refractivity contribution is 0.0668. The summed E-state index contributed by atoms with van der Waals surface area (Å²) in [5.41, 5.74) is 0.971. The summed E-state index contributed by atoms with van der Waals surface area (Å²) in [4.78, 5) is 7.97. The van der Waals surface area contributed by atoms with Crippen LogP contribution in [-0.4, -0.2) is 36.2 Å². The number of alkyl halides is 2. The Kier molecular flexibility index (Phi) is 7.00. The molecule has 2 aromatic rings. The Labute approximate surface area is 149 Å². The Balaban J connectivity index is 1.83. The number of ether oxygens (including phenoxy) is 1. The van der Waals surface area contributed by atoms with Crippen LogP contribution in [0.4, 0.5) is 8.78 Å². The first-order valence-electron chi connectivity index (χ1n) is 7.62. The van der Waals surface area contributed by atoms with E-state index in [1.54, 1.807) is 20.2 Å². The topological polar surface area (TPSA) is 63.5 Å². The summed E-state index contributed by atoms with van der Waals surface area (Å²) in [6.07, 6.45) is 3.25. The molecule has 136 valence electrons. The first-order valence-corrected chi connectivity index (χ1v) is 7.99. The Morgan fingerprint density at radius 3 is 2.84 bits per heavy atom. The minimum absolute atomic E-state index is 0.139. The molecule has 1 aromatic carbocycles. The smallest absolute Gasteiger partial charge is 0.319 e. The van der Waals surface area contributed by atoms with Crippen molar-refractivity contribution in [1.29, 1.82) is 0 Å². The van der Waals surface area contributed by atoms with Gasteiger partial charge in [0.05, 0.1) is 13.7 Å². The lowest BCUT2D eigenvalue weighted by atomic mass is 10.1. The molecule has 0 aliphatic carbocycles. The fourth-order valence-electron chi connectivity index (χ4n) is 2.22. The maximum Gasteiger partial charge on any atom is 0.319 e. The van der Waals surface area contributed by atoms with Gasteiger partial charge in [-0.05, 0) is 24.1 Å². The maximum absolute atomic E-state index is 12.8. The monoisotopic (exact) mass is 371 g/mol. The van der Waals surface area contributed by atoms with E-state index in [0.29, 0.717) is 29.7 Å². The van der Waals surface area contributed by atoms with Crippen LogP contribution in [0.25, 0.3) is 0 Å². The van der Waals surface area contributed by atoms with Crippen molar-refractivity contribution in [1.82, 2.24) is 20.2 Å². The van der Waals surface area contributed by atoms with Crippen molar-refractivity contribution in [3.05, 3.63) is 47.0 Å². The van der Waals surface area contributed by atoms with Crippen molar-refractivity contribution >= 4 is 17.6 Å². The number of halogens is 3. The van der Waals surface area contributed by atoms with E-state index in [1.165, 1.54) is 12.4 Å². The zero-order valence-electron chi connectivity index (χ0n) is 14.0. The van der Waals surface area contributed by atoms with Crippen LogP contribution in [0.3, 0.4) is 0 Å². The van der Waals surface area contributed by atoms with E-state index in [0.717, 1.165) is 10.1 Å². The fourth-order valence-corrected chi connectivity index (χ4v) is 2.48. The number of aromatic nitrogens is 2. The van der Waals surface area contributed by atoms with Crippen molar-refractivity contribution in [2.75, 3.05) is 20.7 Å². The molecule has 9 heteroatoms. The molecule has 0 aliphatic heterocycles. The van der Waals surface area contributed by atoms with Gasteiger partial charge in [0.25, 0.3) is 0 Å². The molecule has 0 radical (unpaired) electrons. The van der Waals surface area contributed by atoms with Crippen LogP contribution in [0.1, 0.15) is 17.9 Å². The molecule has 0 fully saturated rings. The average molecular weight is 372 g/mol. The number of benzene rings is 1. The molecule has 0 atom stereocenters. The highest BCUT2D eigenvalue weighted by Crippen LogP contribution is 2.22. The minimum Gasteiger partial charge on any atom is -0.497 e. The molecule has 1 heterocycles. The second-order valence-electron chi connectivity index (χ2n) is 5.09. The number of nitrogens with one attached hydrogen (secondary N) is 2. The van der Waals surface area contributed by atoms with Gasteiger partial charge in [-0.15, -0.1) is 0 Å². The Bertz CT molecular complexity index is 720. The molecule has 0 saturated carbocycles. The summed E-state index contributed by atoms with van der Waals surface area (Å²) < 4.78 is 31.5. The lowest BCUT2D eigenvalue weighted by Crippen LogP contribution is -2.38. The summed E-state index contributed by atoms with van der Waals surface area (Å²) in [7, 11) is 3.19. The second kappa shape index (κ2) is 9.22. The highest BCUT2D eigenvalue weighted by Gasteiger charge is 2.11. The van der Waals surface area contributed by atoms with E-state index >= 15 is 0 Å². The fraction of sp³-hybridized carbons (Fsp3) is 0.375. The third-order valence-electron chi connectivity index (χ3n) is 3.54. The van der Waals surface area contributed by atoms with Crippen LogP contribution in [0.2, 0.25) is 5.02 Å². The third-order valence-corrected chi connectivity index (χ3v) is 3.90. The number of nitrogens with zero attached hydrogens (tertiary/aromatic N) is 3. The summed E-state index contributed by atoms with van der Waals surface area (Å²) >= 11 is 6.20. The van der Waals surface area contributed by atoms with E-state index < -0.39 is 6.55 Å². The zero-order valence-corrected chi connectivity index (χ0v) is 14.7. The van der Waals surface area contributed by atoms with Crippen LogP contribution in [0.5, 0.6) is 5.75 Å². The standard InChI is InChI=1S/C16H20ClF2N5O/c1-20-16(23-10-14-21-7-8-24(14)15(18)19)22-6-5-11-3-4-12(25-2)9-13(11)17/h3-4,7-9,15H,5-6,10H2,1-2H3,(H2,20,22,23). The van der Waals surface area contributed by atoms with Crippen molar-refractivity contribution in [3.63, 3.8) is 0 Å². The maximum atomic E-state index is 12.8. The van der Waals surface area contributed by atoms with E-state index in [2.05, 4.69) is 20.6 Å². The molecule has 0 bridgehead atoms. The first kappa shape index (κ1) is 19.0. The van der Waals surface area contributed by atoms with Gasteiger partial charge in [-0.2, -0.15) is 8.78 Å². The van der Waals surface area contributed by atoms with Gasteiger partial charge in [0.2, 0.25) is 0 Å². The average Bonchev–Trinajstić information content (AvgIpc) is 3.08. The molecular formula is C16H20ClF2N5O. The van der Waals surface area contributed by atoms with Crippen LogP contribution in [0.15, 0.2) is 35.6 Å². The summed E-state index contributed by atoms with van der Waals surface area (Å²) in [5, 5.41) is 6.69. The number of aliphatic imine (C=N–C) groups is 1. The van der Waals surface area contributed by atoms with Gasteiger partial charge >= 0.3 is 6.55 Å². The molecule has 0 unspecified atom stereocenters. The molecule has 2 N–H and O–H groups in total. The molecule has 0 saturated heterocycles. The van der Waals surface area contributed by atoms with Gasteiger partial charge < -0.3 is 15.4 Å². The zero-order chi connectivity index (χ0) is 18.2. The number of imidazole rings is 1. The molecule has 2 rings (SSSR count). The summed E-state index contributed by atoms with van der Waals surface area (Å²) in [6, 6.07) is 5.51. The molecular weight excluding hydrogens is 352 g/mol. The predicted octanol–water partition coefficient (Wildman–Crippen LogP) is 2.85. The quantitative estimate of drug-likeness (QED) is 0.580. The molecule has 6 nitrogen and oxygen atoms in total. The molecule has 0 amide bonds. The Morgan fingerprint density at radius 1 is 1.40 bits per heavy atom. The summed E-state index contributed by atoms with van der Waals surface area (Å²) in [6.45, 7) is -1.90. The van der Waals surface area contributed by atoms with E-state index in [-0.39, 0.29) is 12.4 Å². The van der Waals surface area contributed by atoms with Crippen molar-refractivity contribution in [2.24, 2.45) is 4.99 Å². The van der Waals surface area contributed by atoms with Gasteiger partial charge in [-0.3, -0.25) is 9.56 Å². The van der Waals surface area contributed by atoms with Gasteiger partial charge in [-0.1, -0.05) is 17.7 Å². The number of hydrogen-bond donors (Lipinski definition) is 2. The number of methoxy groups -OCH3 is 1. The van der Waals surface area contributed by atoms with Gasteiger partial charge in [-0.25, -0.2) is 4.98 Å². The second-order valence-corrected chi connectivity index (χ2v) is 5.50. The van der Waals surface area contributed by atoms with Crippen molar-refractivity contribution < 1.29 is 13.5 Å². The normalized spacial score (nSPS) is 11.7. The van der Waals surface area contributed by atoms with Crippen LogP contribution in [-0.2, 0) is 13.0 Å². The third kappa shape index (κ3) is 5.32. The van der Waals surface area contributed by atoms with Gasteiger partial charge in [0.1, 0.15) is 11.6 Å². The summed E-state index contributed by atoms with van der Waals surface area (Å²) in [5.74, 6) is 1.43.